The van der Waals surface area contributed by atoms with Crippen LogP contribution in [0.15, 0.2) is 72.8 Å². The van der Waals surface area contributed by atoms with Crippen LogP contribution in [0, 0.1) is 18.6 Å². The lowest BCUT2D eigenvalue weighted by atomic mass is 9.83. The summed E-state index contributed by atoms with van der Waals surface area (Å²) < 4.78 is 58.3. The average Bonchev–Trinajstić information content (AvgIpc) is 2.84. The predicted octanol–water partition coefficient (Wildman–Crippen LogP) is 5.16. The molecule has 0 amide bonds. The molecule has 0 spiro atoms. The van der Waals surface area contributed by atoms with Crippen molar-refractivity contribution >= 4 is 15.9 Å². The van der Waals surface area contributed by atoms with Gasteiger partial charge in [-0.25, -0.2) is 8.78 Å². The van der Waals surface area contributed by atoms with E-state index in [-0.39, 0.29) is 30.1 Å². The number of rotatable bonds is 8. The Morgan fingerprint density at radius 1 is 0.886 bits per heavy atom. The number of anilines is 1. The number of piperazine rings is 1. The van der Waals surface area contributed by atoms with Crippen molar-refractivity contribution in [3.8, 4) is 0 Å². The van der Waals surface area contributed by atoms with Gasteiger partial charge < -0.3 is 0 Å². The summed E-state index contributed by atoms with van der Waals surface area (Å²) in [5.74, 6) is -0.945. The molecular weight excluding hydrogens is 468 g/mol. The molecule has 5 nitrogen and oxygen atoms in total. The van der Waals surface area contributed by atoms with Crippen LogP contribution in [0.3, 0.4) is 0 Å². The Kier molecular flexibility index (Phi) is 7.84. The van der Waals surface area contributed by atoms with E-state index >= 15 is 0 Å². The summed E-state index contributed by atoms with van der Waals surface area (Å²) in [4.78, 5) is 2.29. The molecule has 1 saturated heterocycles. The van der Waals surface area contributed by atoms with Crippen LogP contribution in [0.4, 0.5) is 14.5 Å². The van der Waals surface area contributed by atoms with Gasteiger partial charge in [0, 0.05) is 37.3 Å². The minimum atomic E-state index is -3.80. The van der Waals surface area contributed by atoms with Crippen molar-refractivity contribution < 1.29 is 17.2 Å². The van der Waals surface area contributed by atoms with Crippen LogP contribution < -0.4 is 4.72 Å². The van der Waals surface area contributed by atoms with Gasteiger partial charge in [-0.1, -0.05) is 48.9 Å². The molecule has 35 heavy (non-hydrogen) atoms. The van der Waals surface area contributed by atoms with E-state index in [1.165, 1.54) is 28.6 Å². The van der Waals surface area contributed by atoms with Gasteiger partial charge >= 0.3 is 10.2 Å². The smallest absolute Gasteiger partial charge is 0.297 e. The van der Waals surface area contributed by atoms with Crippen LogP contribution in [0.2, 0.25) is 0 Å². The van der Waals surface area contributed by atoms with Crippen LogP contribution in [-0.4, -0.2) is 49.8 Å². The zero-order valence-electron chi connectivity index (χ0n) is 20.0. The Morgan fingerprint density at radius 3 is 1.94 bits per heavy atom. The third-order valence-electron chi connectivity index (χ3n) is 6.49. The minimum absolute atomic E-state index is 0.214. The number of benzene rings is 3. The van der Waals surface area contributed by atoms with E-state index in [1.54, 1.807) is 36.4 Å². The van der Waals surface area contributed by atoms with Gasteiger partial charge in [-0.15, -0.1) is 0 Å². The highest BCUT2D eigenvalue weighted by Gasteiger charge is 2.38. The summed E-state index contributed by atoms with van der Waals surface area (Å²) in [6, 6.07) is 19.5. The predicted molar refractivity (Wildman–Crippen MR) is 136 cm³/mol. The Bertz CT molecular complexity index is 1170. The Balaban J connectivity index is 1.69. The Labute approximate surface area is 206 Å². The van der Waals surface area contributed by atoms with Crippen LogP contribution >= 0.6 is 0 Å². The van der Waals surface area contributed by atoms with Gasteiger partial charge in [-0.05, 0) is 67.4 Å². The third kappa shape index (κ3) is 6.07. The van der Waals surface area contributed by atoms with E-state index in [9.17, 15) is 17.2 Å². The number of nitrogens with one attached hydrogen (secondary N) is 1. The lowest BCUT2D eigenvalue weighted by Gasteiger charge is -2.44. The lowest BCUT2D eigenvalue weighted by Crippen LogP contribution is -2.57. The molecule has 4 rings (SSSR count). The molecule has 3 aromatic carbocycles. The summed E-state index contributed by atoms with van der Waals surface area (Å²) in [6.45, 7) is 6.00. The van der Waals surface area contributed by atoms with Gasteiger partial charge in [0.15, 0.2) is 0 Å². The van der Waals surface area contributed by atoms with Crippen molar-refractivity contribution in [2.75, 3.05) is 30.9 Å². The first-order valence-electron chi connectivity index (χ1n) is 11.9. The fraction of sp³-hybridized carbons (Fsp3) is 0.333. The van der Waals surface area contributed by atoms with Gasteiger partial charge in [-0.2, -0.15) is 12.7 Å². The molecule has 8 heteroatoms. The highest BCUT2D eigenvalue weighted by Crippen LogP contribution is 2.34. The summed E-state index contributed by atoms with van der Waals surface area (Å²) in [7, 11) is -3.80. The van der Waals surface area contributed by atoms with Crippen molar-refractivity contribution in [1.82, 2.24) is 9.21 Å². The van der Waals surface area contributed by atoms with E-state index in [0.717, 1.165) is 29.7 Å². The topological polar surface area (TPSA) is 52.7 Å². The van der Waals surface area contributed by atoms with Crippen molar-refractivity contribution in [2.24, 2.45) is 0 Å². The number of halogens is 2. The highest BCUT2D eigenvalue weighted by molar-refractivity contribution is 7.90. The molecule has 0 aliphatic carbocycles. The van der Waals surface area contributed by atoms with Gasteiger partial charge in [-0.3, -0.25) is 9.62 Å². The number of nitrogens with zero attached hydrogens (tertiary/aromatic N) is 2. The number of aryl methyl sites for hydroxylation is 1. The first-order valence-corrected chi connectivity index (χ1v) is 13.3. The second-order valence-electron chi connectivity index (χ2n) is 9.02. The number of hydrogen-bond acceptors (Lipinski definition) is 3. The van der Waals surface area contributed by atoms with Crippen molar-refractivity contribution in [3.63, 3.8) is 0 Å². The summed E-state index contributed by atoms with van der Waals surface area (Å²) in [5, 5.41) is 0. The molecule has 1 aliphatic heterocycles. The van der Waals surface area contributed by atoms with Gasteiger partial charge in [0.25, 0.3) is 0 Å². The molecule has 1 fully saturated rings. The van der Waals surface area contributed by atoms with Crippen LogP contribution in [0.5, 0.6) is 0 Å². The minimum Gasteiger partial charge on any atom is -0.297 e. The summed E-state index contributed by atoms with van der Waals surface area (Å²) in [5.41, 5.74) is 3.27. The Morgan fingerprint density at radius 2 is 1.43 bits per heavy atom. The van der Waals surface area contributed by atoms with Crippen molar-refractivity contribution in [2.45, 2.75) is 32.2 Å². The summed E-state index contributed by atoms with van der Waals surface area (Å²) >= 11 is 0. The standard InChI is InChI=1S/C27H31F2N3O2S/c1-3-16-31-17-18-32(35(33,34)30-25-14-4-20(2)5-15-25)19-26(31)27(21-6-10-23(28)11-7-21)22-8-12-24(29)13-9-22/h4-15,26-27,30H,3,16-19H2,1-2H3. The fourth-order valence-corrected chi connectivity index (χ4v) is 5.97. The van der Waals surface area contributed by atoms with E-state index < -0.39 is 10.2 Å². The monoisotopic (exact) mass is 499 g/mol. The molecule has 1 N–H and O–H groups in total. The molecule has 0 radical (unpaired) electrons. The van der Waals surface area contributed by atoms with Crippen molar-refractivity contribution in [3.05, 3.63) is 101 Å². The SMILES string of the molecule is CCCN1CCN(S(=O)(=O)Nc2ccc(C)cc2)CC1C(c1ccc(F)cc1)c1ccc(F)cc1. The largest absolute Gasteiger partial charge is 0.301 e. The van der Waals surface area contributed by atoms with E-state index in [4.69, 9.17) is 0 Å². The first kappa shape index (κ1) is 25.3. The first-order chi connectivity index (χ1) is 16.8. The molecule has 1 aliphatic rings. The van der Waals surface area contributed by atoms with Crippen molar-refractivity contribution in [1.29, 1.82) is 0 Å². The fourth-order valence-electron chi connectivity index (χ4n) is 4.73. The lowest BCUT2D eigenvalue weighted by molar-refractivity contribution is 0.107. The molecule has 186 valence electrons. The molecule has 0 bridgehead atoms. The van der Waals surface area contributed by atoms with E-state index in [0.29, 0.717) is 18.8 Å². The highest BCUT2D eigenvalue weighted by atomic mass is 32.2. The maximum Gasteiger partial charge on any atom is 0.301 e. The quantitative estimate of drug-likeness (QED) is 0.466. The Hall–Kier alpha value is -2.81. The van der Waals surface area contributed by atoms with E-state index in [1.807, 2.05) is 19.1 Å². The van der Waals surface area contributed by atoms with Crippen LogP contribution in [0.25, 0.3) is 0 Å². The van der Waals surface area contributed by atoms with Gasteiger partial charge in [0.05, 0.1) is 0 Å². The number of hydrogen-bond donors (Lipinski definition) is 1. The average molecular weight is 500 g/mol. The molecule has 1 atom stereocenters. The van der Waals surface area contributed by atoms with Crippen LogP contribution in [-0.2, 0) is 10.2 Å². The second-order valence-corrected chi connectivity index (χ2v) is 10.7. The zero-order valence-corrected chi connectivity index (χ0v) is 20.8. The third-order valence-corrected chi connectivity index (χ3v) is 7.99. The maximum absolute atomic E-state index is 13.7. The maximum atomic E-state index is 13.7. The van der Waals surface area contributed by atoms with Crippen LogP contribution in [0.1, 0.15) is 36.0 Å². The molecular formula is C27H31F2N3O2S. The van der Waals surface area contributed by atoms with Gasteiger partial charge in [0.2, 0.25) is 0 Å². The molecule has 3 aromatic rings. The second kappa shape index (κ2) is 10.8. The van der Waals surface area contributed by atoms with E-state index in [2.05, 4.69) is 16.5 Å². The van der Waals surface area contributed by atoms with Gasteiger partial charge in [0.1, 0.15) is 11.6 Å². The molecule has 0 aromatic heterocycles. The molecule has 1 heterocycles. The zero-order chi connectivity index (χ0) is 25.0. The summed E-state index contributed by atoms with van der Waals surface area (Å²) in [6.07, 6.45) is 0.907. The molecule has 0 saturated carbocycles. The normalized spacial score (nSPS) is 17.6. The molecule has 1 unspecified atom stereocenters.